The highest BCUT2D eigenvalue weighted by Gasteiger charge is 2.21. The Kier molecular flexibility index (Phi) is 4.51. The molecule has 0 spiro atoms. The molecule has 0 aliphatic rings. The summed E-state index contributed by atoms with van der Waals surface area (Å²) >= 11 is 0. The molecular formula is C23H17N5O3. The number of fused-ring (bicyclic) bond motifs is 3. The zero-order chi connectivity index (χ0) is 21.4. The van der Waals surface area contributed by atoms with Crippen LogP contribution in [0.3, 0.4) is 0 Å². The molecule has 8 nitrogen and oxygen atoms in total. The van der Waals surface area contributed by atoms with Crippen molar-refractivity contribution in [1.82, 2.24) is 24.1 Å². The van der Waals surface area contributed by atoms with Gasteiger partial charge in [0.2, 0.25) is 0 Å². The largest absolute Gasteiger partial charge is 0.465 e. The molecule has 0 N–H and O–H groups in total. The highest BCUT2D eigenvalue weighted by molar-refractivity contribution is 6.02. The van der Waals surface area contributed by atoms with Gasteiger partial charge < -0.3 is 9.30 Å². The normalized spacial score (nSPS) is 11.1. The van der Waals surface area contributed by atoms with Gasteiger partial charge in [0, 0.05) is 18.0 Å². The molecule has 2 aromatic carbocycles. The number of nitrogens with zero attached hydrogens (tertiary/aromatic N) is 5. The first kappa shape index (κ1) is 18.7. The number of carbonyl (C=O) groups excluding carboxylic acids is 1. The molecule has 0 bridgehead atoms. The summed E-state index contributed by atoms with van der Waals surface area (Å²) in [5.74, 6) is 0.165. The number of hydrogen-bond acceptors (Lipinski definition) is 6. The topological polar surface area (TPSA) is 91.4 Å². The van der Waals surface area contributed by atoms with Gasteiger partial charge >= 0.3 is 5.97 Å². The van der Waals surface area contributed by atoms with Crippen LogP contribution in [0.1, 0.15) is 15.9 Å². The van der Waals surface area contributed by atoms with Gasteiger partial charge in [-0.05, 0) is 5.56 Å². The molecule has 0 saturated heterocycles. The lowest BCUT2D eigenvalue weighted by atomic mass is 10.1. The van der Waals surface area contributed by atoms with Crippen LogP contribution in [0, 0.1) is 0 Å². The van der Waals surface area contributed by atoms with Gasteiger partial charge in [-0.2, -0.15) is 9.50 Å². The maximum atomic E-state index is 13.2. The molecule has 3 aromatic heterocycles. The van der Waals surface area contributed by atoms with Crippen molar-refractivity contribution in [2.75, 3.05) is 7.11 Å². The summed E-state index contributed by atoms with van der Waals surface area (Å²) in [6.45, 7) is 0.310. The minimum absolute atomic E-state index is 0.213. The number of pyridine rings is 1. The molecule has 152 valence electrons. The van der Waals surface area contributed by atoms with Gasteiger partial charge in [0.05, 0.1) is 24.6 Å². The molecule has 5 aromatic rings. The van der Waals surface area contributed by atoms with Gasteiger partial charge in [-0.3, -0.25) is 4.79 Å². The van der Waals surface area contributed by atoms with E-state index in [1.807, 2.05) is 60.7 Å². The summed E-state index contributed by atoms with van der Waals surface area (Å²) in [6, 6.07) is 19.0. The Morgan fingerprint density at radius 3 is 2.45 bits per heavy atom. The van der Waals surface area contributed by atoms with Crippen LogP contribution in [0.25, 0.3) is 28.1 Å². The lowest BCUT2D eigenvalue weighted by molar-refractivity contribution is 0.0601. The first-order valence-electron chi connectivity index (χ1n) is 9.62. The Hall–Kier alpha value is -4.33. The van der Waals surface area contributed by atoms with E-state index in [0.717, 1.165) is 11.1 Å². The molecule has 0 saturated carbocycles. The van der Waals surface area contributed by atoms with Crippen molar-refractivity contribution in [1.29, 1.82) is 0 Å². The van der Waals surface area contributed by atoms with Crippen molar-refractivity contribution in [2.24, 2.45) is 0 Å². The number of ether oxygens (including phenoxy) is 1. The highest BCUT2D eigenvalue weighted by Crippen LogP contribution is 2.21. The van der Waals surface area contributed by atoms with E-state index in [9.17, 15) is 9.59 Å². The molecule has 8 heteroatoms. The van der Waals surface area contributed by atoms with E-state index in [1.165, 1.54) is 28.6 Å². The fraction of sp³-hybridized carbons (Fsp3) is 0.0870. The van der Waals surface area contributed by atoms with Gasteiger partial charge in [0.15, 0.2) is 5.82 Å². The summed E-state index contributed by atoms with van der Waals surface area (Å²) in [7, 11) is 1.30. The van der Waals surface area contributed by atoms with Crippen LogP contribution in [-0.2, 0) is 11.3 Å². The summed E-state index contributed by atoms with van der Waals surface area (Å²) in [5, 5.41) is 4.79. The van der Waals surface area contributed by atoms with Crippen molar-refractivity contribution in [3.8, 4) is 11.4 Å². The minimum atomic E-state index is -0.573. The quantitative estimate of drug-likeness (QED) is 0.422. The first-order chi connectivity index (χ1) is 15.2. The van der Waals surface area contributed by atoms with E-state index in [1.54, 1.807) is 0 Å². The fourth-order valence-corrected chi connectivity index (χ4v) is 3.55. The second-order valence-corrected chi connectivity index (χ2v) is 6.99. The predicted molar refractivity (Wildman–Crippen MR) is 115 cm³/mol. The Bertz CT molecular complexity index is 1470. The number of rotatable bonds is 4. The summed E-state index contributed by atoms with van der Waals surface area (Å²) in [6.07, 6.45) is 2.94. The van der Waals surface area contributed by atoms with E-state index >= 15 is 0 Å². The minimum Gasteiger partial charge on any atom is -0.465 e. The Morgan fingerprint density at radius 2 is 1.74 bits per heavy atom. The van der Waals surface area contributed by atoms with Crippen LogP contribution >= 0.6 is 0 Å². The van der Waals surface area contributed by atoms with Gasteiger partial charge in [-0.25, -0.2) is 9.78 Å². The number of benzene rings is 2. The van der Waals surface area contributed by atoms with Gasteiger partial charge in [-0.15, -0.1) is 5.10 Å². The van der Waals surface area contributed by atoms with Crippen molar-refractivity contribution in [3.05, 3.63) is 94.5 Å². The lowest BCUT2D eigenvalue weighted by Crippen LogP contribution is -2.24. The Morgan fingerprint density at radius 1 is 1.03 bits per heavy atom. The maximum absolute atomic E-state index is 13.2. The van der Waals surface area contributed by atoms with Crippen molar-refractivity contribution >= 4 is 22.6 Å². The van der Waals surface area contributed by atoms with E-state index < -0.39 is 5.97 Å². The van der Waals surface area contributed by atoms with E-state index in [4.69, 9.17) is 4.74 Å². The standard InChI is InChI=1S/C23H17N5O3/c1-31-22(30)18-14-27(13-15-8-4-2-5-9-15)21(29)17-12-24-23-25-20(26-28(23)19(17)18)16-10-6-3-7-11-16/h2-12,14H,13H2,1H3. The van der Waals surface area contributed by atoms with Gasteiger partial charge in [0.1, 0.15) is 5.56 Å². The smallest absolute Gasteiger partial charge is 0.341 e. The molecule has 0 fully saturated rings. The van der Waals surface area contributed by atoms with Crippen molar-refractivity contribution in [3.63, 3.8) is 0 Å². The van der Waals surface area contributed by atoms with Crippen molar-refractivity contribution in [2.45, 2.75) is 6.54 Å². The molecule has 0 amide bonds. The average molecular weight is 411 g/mol. The number of methoxy groups -OCH3 is 1. The molecule has 5 rings (SSSR count). The molecular weight excluding hydrogens is 394 g/mol. The van der Waals surface area contributed by atoms with Crippen LogP contribution in [0.4, 0.5) is 0 Å². The fourth-order valence-electron chi connectivity index (χ4n) is 3.55. The zero-order valence-corrected chi connectivity index (χ0v) is 16.6. The summed E-state index contributed by atoms with van der Waals surface area (Å²) in [5.41, 5.74) is 1.99. The van der Waals surface area contributed by atoms with Crippen LogP contribution in [-0.4, -0.2) is 37.2 Å². The van der Waals surface area contributed by atoms with Crippen LogP contribution in [0.5, 0.6) is 0 Å². The average Bonchev–Trinajstić information content (AvgIpc) is 3.26. The highest BCUT2D eigenvalue weighted by atomic mass is 16.5. The molecule has 0 radical (unpaired) electrons. The second kappa shape index (κ2) is 7.49. The van der Waals surface area contributed by atoms with E-state index in [0.29, 0.717) is 17.9 Å². The van der Waals surface area contributed by atoms with Crippen LogP contribution < -0.4 is 5.56 Å². The molecule has 31 heavy (non-hydrogen) atoms. The van der Waals surface area contributed by atoms with Crippen LogP contribution in [0.2, 0.25) is 0 Å². The van der Waals surface area contributed by atoms with Gasteiger partial charge in [0.25, 0.3) is 11.3 Å². The third-order valence-corrected chi connectivity index (χ3v) is 5.03. The number of carbonyl (C=O) groups is 1. The molecule has 0 aliphatic carbocycles. The first-order valence-corrected chi connectivity index (χ1v) is 9.62. The third kappa shape index (κ3) is 3.24. The number of aromatic nitrogens is 5. The number of esters is 1. The summed E-state index contributed by atoms with van der Waals surface area (Å²) in [4.78, 5) is 34.6. The molecule has 0 atom stereocenters. The van der Waals surface area contributed by atoms with Crippen LogP contribution in [0.15, 0.2) is 77.9 Å². The summed E-state index contributed by atoms with van der Waals surface area (Å²) < 4.78 is 7.90. The monoisotopic (exact) mass is 411 g/mol. The maximum Gasteiger partial charge on any atom is 0.341 e. The van der Waals surface area contributed by atoms with E-state index in [2.05, 4.69) is 15.1 Å². The molecule has 0 unspecified atom stereocenters. The van der Waals surface area contributed by atoms with Crippen molar-refractivity contribution < 1.29 is 9.53 Å². The molecule has 0 aliphatic heterocycles. The van der Waals surface area contributed by atoms with E-state index in [-0.39, 0.29) is 22.3 Å². The molecule has 3 heterocycles. The zero-order valence-electron chi connectivity index (χ0n) is 16.6. The Balaban J connectivity index is 1.77. The van der Waals surface area contributed by atoms with Gasteiger partial charge in [-0.1, -0.05) is 60.7 Å². The Labute approximate surface area is 176 Å². The SMILES string of the molecule is COC(=O)c1cn(Cc2ccccc2)c(=O)c2cnc3nc(-c4ccccc4)nn3c12. The lowest BCUT2D eigenvalue weighted by Gasteiger charge is -2.11. The second-order valence-electron chi connectivity index (χ2n) is 6.99. The third-order valence-electron chi connectivity index (χ3n) is 5.03. The predicted octanol–water partition coefficient (Wildman–Crippen LogP) is 2.94. The number of hydrogen-bond donors (Lipinski definition) is 0.